The SMILES string of the molecule is COC(=O)[C@@H](N)COCCCNC(=O)OC(C)(C)C. The summed E-state index contributed by atoms with van der Waals surface area (Å²) in [4.78, 5) is 22.2. The zero-order chi connectivity index (χ0) is 14.9. The standard InChI is InChI=1S/C12H24N2O5/c1-12(2,3)19-11(16)14-6-5-7-18-8-9(13)10(15)17-4/h9H,5-8,13H2,1-4H3,(H,14,16)/t9-/m0/s1. The number of rotatable bonds is 7. The molecular formula is C12H24N2O5. The van der Waals surface area contributed by atoms with Crippen LogP contribution < -0.4 is 11.1 Å². The van der Waals surface area contributed by atoms with E-state index in [2.05, 4.69) is 10.1 Å². The first-order valence-corrected chi connectivity index (χ1v) is 6.14. The van der Waals surface area contributed by atoms with Crippen molar-refractivity contribution in [2.24, 2.45) is 5.73 Å². The van der Waals surface area contributed by atoms with Crippen molar-refractivity contribution in [2.45, 2.75) is 38.8 Å². The van der Waals surface area contributed by atoms with Gasteiger partial charge >= 0.3 is 12.1 Å². The maximum atomic E-state index is 11.3. The Morgan fingerprint density at radius 2 is 1.95 bits per heavy atom. The van der Waals surface area contributed by atoms with Gasteiger partial charge in [-0.2, -0.15) is 0 Å². The molecule has 0 bridgehead atoms. The smallest absolute Gasteiger partial charge is 0.407 e. The average molecular weight is 276 g/mol. The van der Waals surface area contributed by atoms with E-state index >= 15 is 0 Å². The van der Waals surface area contributed by atoms with E-state index in [1.165, 1.54) is 7.11 Å². The maximum absolute atomic E-state index is 11.3. The van der Waals surface area contributed by atoms with Crippen LogP contribution in [-0.4, -0.2) is 50.6 Å². The molecule has 0 aliphatic rings. The van der Waals surface area contributed by atoms with E-state index in [-0.39, 0.29) is 6.61 Å². The zero-order valence-corrected chi connectivity index (χ0v) is 12.0. The largest absolute Gasteiger partial charge is 0.468 e. The van der Waals surface area contributed by atoms with E-state index in [9.17, 15) is 9.59 Å². The van der Waals surface area contributed by atoms with Crippen molar-refractivity contribution >= 4 is 12.1 Å². The number of nitrogens with two attached hydrogens (primary N) is 1. The minimum atomic E-state index is -0.774. The third kappa shape index (κ3) is 10.3. The highest BCUT2D eigenvalue weighted by molar-refractivity contribution is 5.75. The maximum Gasteiger partial charge on any atom is 0.407 e. The summed E-state index contributed by atoms with van der Waals surface area (Å²) in [5.41, 5.74) is 4.96. The number of hydrogen-bond donors (Lipinski definition) is 2. The minimum Gasteiger partial charge on any atom is -0.468 e. The summed E-state index contributed by atoms with van der Waals surface area (Å²) in [5.74, 6) is -0.508. The third-order valence-corrected chi connectivity index (χ3v) is 1.94. The quantitative estimate of drug-likeness (QED) is 0.516. The van der Waals surface area contributed by atoms with Crippen molar-refractivity contribution in [1.82, 2.24) is 5.32 Å². The van der Waals surface area contributed by atoms with Gasteiger partial charge in [-0.1, -0.05) is 0 Å². The molecule has 0 aliphatic heterocycles. The summed E-state index contributed by atoms with van der Waals surface area (Å²) < 4.78 is 14.7. The Morgan fingerprint density at radius 3 is 2.47 bits per heavy atom. The van der Waals surface area contributed by atoms with Crippen LogP contribution in [0.1, 0.15) is 27.2 Å². The molecular weight excluding hydrogens is 252 g/mol. The van der Waals surface area contributed by atoms with Gasteiger partial charge in [-0.25, -0.2) is 4.79 Å². The topological polar surface area (TPSA) is 99.9 Å². The molecule has 0 unspecified atom stereocenters. The van der Waals surface area contributed by atoms with Crippen molar-refractivity contribution in [1.29, 1.82) is 0 Å². The first kappa shape index (κ1) is 17.7. The monoisotopic (exact) mass is 276 g/mol. The van der Waals surface area contributed by atoms with Crippen molar-refractivity contribution in [2.75, 3.05) is 26.9 Å². The second-order valence-corrected chi connectivity index (χ2v) is 4.99. The fourth-order valence-electron chi connectivity index (χ4n) is 1.11. The van der Waals surface area contributed by atoms with E-state index in [0.29, 0.717) is 19.6 Å². The molecule has 0 heterocycles. The number of amides is 1. The van der Waals surface area contributed by atoms with Gasteiger partial charge in [0.25, 0.3) is 0 Å². The van der Waals surface area contributed by atoms with Crippen LogP contribution in [0.4, 0.5) is 4.79 Å². The molecule has 0 aromatic carbocycles. The summed E-state index contributed by atoms with van der Waals surface area (Å²) in [6, 6.07) is -0.774. The molecule has 0 rings (SSSR count). The van der Waals surface area contributed by atoms with Crippen LogP contribution in [-0.2, 0) is 19.0 Å². The zero-order valence-electron chi connectivity index (χ0n) is 12.0. The fraction of sp³-hybridized carbons (Fsp3) is 0.833. The Bertz CT molecular complexity index is 288. The van der Waals surface area contributed by atoms with E-state index in [0.717, 1.165) is 0 Å². The molecule has 3 N–H and O–H groups in total. The lowest BCUT2D eigenvalue weighted by Gasteiger charge is -2.19. The highest BCUT2D eigenvalue weighted by Gasteiger charge is 2.15. The Hall–Kier alpha value is -1.34. The van der Waals surface area contributed by atoms with Crippen LogP contribution in [0.3, 0.4) is 0 Å². The molecule has 1 amide bonds. The lowest BCUT2D eigenvalue weighted by Crippen LogP contribution is -2.36. The van der Waals surface area contributed by atoms with Gasteiger partial charge in [0.05, 0.1) is 13.7 Å². The van der Waals surface area contributed by atoms with Gasteiger partial charge in [-0.05, 0) is 27.2 Å². The summed E-state index contributed by atoms with van der Waals surface area (Å²) in [7, 11) is 1.27. The van der Waals surface area contributed by atoms with Crippen molar-refractivity contribution in [3.05, 3.63) is 0 Å². The van der Waals surface area contributed by atoms with Crippen LogP contribution in [0.15, 0.2) is 0 Å². The van der Waals surface area contributed by atoms with Gasteiger partial charge < -0.3 is 25.3 Å². The van der Waals surface area contributed by atoms with Crippen LogP contribution in [0.25, 0.3) is 0 Å². The Labute approximate surface area is 113 Å². The molecule has 0 saturated carbocycles. The summed E-state index contributed by atoms with van der Waals surface area (Å²) in [6.45, 7) is 6.31. The number of carbonyl (C=O) groups excluding carboxylic acids is 2. The number of hydrogen-bond acceptors (Lipinski definition) is 6. The third-order valence-electron chi connectivity index (χ3n) is 1.94. The van der Waals surface area contributed by atoms with Gasteiger partial charge in [0.2, 0.25) is 0 Å². The molecule has 0 aromatic heterocycles. The van der Waals surface area contributed by atoms with Crippen LogP contribution in [0.2, 0.25) is 0 Å². The summed E-state index contributed by atoms with van der Waals surface area (Å²) in [5, 5.41) is 2.60. The first-order valence-electron chi connectivity index (χ1n) is 6.14. The van der Waals surface area contributed by atoms with E-state index in [1.807, 2.05) is 0 Å². The number of esters is 1. The fourth-order valence-corrected chi connectivity index (χ4v) is 1.11. The summed E-state index contributed by atoms with van der Waals surface area (Å²) in [6.07, 6.45) is 0.145. The molecule has 112 valence electrons. The van der Waals surface area contributed by atoms with Crippen LogP contribution in [0.5, 0.6) is 0 Å². The van der Waals surface area contributed by atoms with E-state index < -0.39 is 23.7 Å². The van der Waals surface area contributed by atoms with Crippen LogP contribution >= 0.6 is 0 Å². The lowest BCUT2D eigenvalue weighted by molar-refractivity contribution is -0.143. The Balaban J connectivity index is 3.51. The minimum absolute atomic E-state index is 0.0963. The Kier molecular flexibility index (Phi) is 8.09. The van der Waals surface area contributed by atoms with Crippen LogP contribution in [0, 0.1) is 0 Å². The molecule has 0 radical (unpaired) electrons. The number of ether oxygens (including phenoxy) is 3. The normalized spacial score (nSPS) is 12.7. The second-order valence-electron chi connectivity index (χ2n) is 4.99. The van der Waals surface area contributed by atoms with Gasteiger partial charge in [0, 0.05) is 13.2 Å². The number of nitrogens with one attached hydrogen (secondary N) is 1. The highest BCUT2D eigenvalue weighted by atomic mass is 16.6. The molecule has 0 fully saturated rings. The average Bonchev–Trinajstić information content (AvgIpc) is 2.29. The van der Waals surface area contributed by atoms with Gasteiger partial charge in [0.1, 0.15) is 11.6 Å². The number of methoxy groups -OCH3 is 1. The molecule has 7 nitrogen and oxygen atoms in total. The predicted octanol–water partition coefficient (Wildman–Crippen LogP) is 0.418. The van der Waals surface area contributed by atoms with Crippen molar-refractivity contribution in [3.63, 3.8) is 0 Å². The number of carbonyl (C=O) groups is 2. The number of alkyl carbamates (subject to hydrolysis) is 1. The van der Waals surface area contributed by atoms with Gasteiger partial charge in [0.15, 0.2) is 0 Å². The lowest BCUT2D eigenvalue weighted by atomic mass is 10.2. The predicted molar refractivity (Wildman–Crippen MR) is 69.7 cm³/mol. The molecule has 1 atom stereocenters. The second kappa shape index (κ2) is 8.71. The summed E-state index contributed by atoms with van der Waals surface area (Å²) >= 11 is 0. The molecule has 0 spiro atoms. The molecule has 0 aromatic rings. The Morgan fingerprint density at radius 1 is 1.32 bits per heavy atom. The van der Waals surface area contributed by atoms with E-state index in [4.69, 9.17) is 15.2 Å². The van der Waals surface area contributed by atoms with Crippen molar-refractivity contribution < 1.29 is 23.8 Å². The first-order chi connectivity index (χ1) is 8.76. The molecule has 0 saturated heterocycles. The van der Waals surface area contributed by atoms with Gasteiger partial charge in [-0.15, -0.1) is 0 Å². The van der Waals surface area contributed by atoms with Gasteiger partial charge in [-0.3, -0.25) is 4.79 Å². The molecule has 0 aliphatic carbocycles. The van der Waals surface area contributed by atoms with E-state index in [1.54, 1.807) is 20.8 Å². The molecule has 7 heteroatoms. The highest BCUT2D eigenvalue weighted by Crippen LogP contribution is 2.06. The molecule has 19 heavy (non-hydrogen) atoms. The van der Waals surface area contributed by atoms with Crippen molar-refractivity contribution in [3.8, 4) is 0 Å².